The van der Waals surface area contributed by atoms with Crippen LogP contribution in [0.3, 0.4) is 0 Å². The summed E-state index contributed by atoms with van der Waals surface area (Å²) in [4.78, 5) is 14.8. The molecule has 1 aliphatic heterocycles. The van der Waals surface area contributed by atoms with Gasteiger partial charge in [-0.05, 0) is 38.1 Å². The molecule has 0 N–H and O–H groups in total. The lowest BCUT2D eigenvalue weighted by Crippen LogP contribution is -2.36. The van der Waals surface area contributed by atoms with Crippen LogP contribution in [0.4, 0.5) is 0 Å². The maximum absolute atomic E-state index is 12.3. The van der Waals surface area contributed by atoms with Crippen LogP contribution in [0.25, 0.3) is 0 Å². The van der Waals surface area contributed by atoms with Gasteiger partial charge in [0.25, 0.3) is 0 Å². The predicted octanol–water partition coefficient (Wildman–Crippen LogP) is 2.98. The van der Waals surface area contributed by atoms with Crippen LogP contribution in [-0.2, 0) is 4.74 Å². The Hall–Kier alpha value is -1.75. The van der Waals surface area contributed by atoms with E-state index in [0.29, 0.717) is 23.7 Å². The van der Waals surface area contributed by atoms with Gasteiger partial charge in [-0.3, -0.25) is 0 Å². The monoisotopic (exact) mass is 321 g/mol. The van der Waals surface area contributed by atoms with Gasteiger partial charge in [0.2, 0.25) is 0 Å². The van der Waals surface area contributed by atoms with Gasteiger partial charge in [-0.2, -0.15) is 0 Å². The molecule has 1 aromatic carbocycles. The van der Waals surface area contributed by atoms with Crippen LogP contribution in [0.5, 0.6) is 11.5 Å². The van der Waals surface area contributed by atoms with Crippen molar-refractivity contribution in [1.29, 1.82) is 0 Å². The molecule has 0 aromatic heterocycles. The third-order valence-corrected chi connectivity index (χ3v) is 4.03. The summed E-state index contributed by atoms with van der Waals surface area (Å²) in [6, 6.07) is 5.06. The van der Waals surface area contributed by atoms with Crippen molar-refractivity contribution in [3.8, 4) is 11.5 Å². The molecule has 0 spiro atoms. The normalized spacial score (nSPS) is 15.5. The number of esters is 1. The van der Waals surface area contributed by atoms with Gasteiger partial charge in [-0.25, -0.2) is 4.79 Å². The number of rotatable bonds is 7. The molecule has 0 amide bonds. The van der Waals surface area contributed by atoms with Crippen LogP contribution in [0.2, 0.25) is 0 Å². The zero-order valence-corrected chi connectivity index (χ0v) is 14.6. The van der Waals surface area contributed by atoms with E-state index in [1.807, 2.05) is 0 Å². The molecule has 1 saturated heterocycles. The Morgan fingerprint density at radius 1 is 1.09 bits per heavy atom. The summed E-state index contributed by atoms with van der Waals surface area (Å²) in [5.74, 6) is 0.803. The summed E-state index contributed by atoms with van der Waals surface area (Å²) in [5, 5.41) is 0. The van der Waals surface area contributed by atoms with Crippen molar-refractivity contribution < 1.29 is 19.0 Å². The molecule has 1 aliphatic rings. The van der Waals surface area contributed by atoms with E-state index >= 15 is 0 Å². The molecule has 23 heavy (non-hydrogen) atoms. The summed E-state index contributed by atoms with van der Waals surface area (Å²) in [6.45, 7) is 7.88. The van der Waals surface area contributed by atoms with E-state index < -0.39 is 0 Å². The fraction of sp³-hybridized carbons (Fsp3) is 0.611. The number of benzene rings is 1. The average molecular weight is 321 g/mol. The molecule has 128 valence electrons. The van der Waals surface area contributed by atoms with E-state index in [1.54, 1.807) is 32.4 Å². The molecule has 2 rings (SSSR count). The summed E-state index contributed by atoms with van der Waals surface area (Å²) in [7, 11) is 3.12. The molecule has 0 radical (unpaired) electrons. The highest BCUT2D eigenvalue weighted by Crippen LogP contribution is 2.25. The van der Waals surface area contributed by atoms with Gasteiger partial charge in [0.05, 0.1) is 26.4 Å². The lowest BCUT2D eigenvalue weighted by atomic mass is 9.94. The molecule has 0 saturated carbocycles. The van der Waals surface area contributed by atoms with E-state index in [4.69, 9.17) is 14.2 Å². The third-order valence-electron chi connectivity index (χ3n) is 4.03. The predicted molar refractivity (Wildman–Crippen MR) is 89.3 cm³/mol. The number of methoxy groups -OCH3 is 2. The molecular weight excluding hydrogens is 294 g/mol. The largest absolute Gasteiger partial charge is 0.497 e. The zero-order valence-electron chi connectivity index (χ0n) is 14.6. The number of carbonyl (C=O) groups is 1. The van der Waals surface area contributed by atoms with Crippen molar-refractivity contribution in [2.24, 2.45) is 5.41 Å². The molecule has 5 heteroatoms. The van der Waals surface area contributed by atoms with Crippen molar-refractivity contribution in [2.45, 2.75) is 26.7 Å². The van der Waals surface area contributed by atoms with Crippen molar-refractivity contribution in [3.63, 3.8) is 0 Å². The molecule has 0 bridgehead atoms. The summed E-state index contributed by atoms with van der Waals surface area (Å²) < 4.78 is 15.9. The first-order valence-corrected chi connectivity index (χ1v) is 8.06. The van der Waals surface area contributed by atoms with Crippen LogP contribution in [0.15, 0.2) is 18.2 Å². The number of ether oxygens (including phenoxy) is 3. The number of carbonyl (C=O) groups excluding carboxylic acids is 1. The maximum atomic E-state index is 12.3. The minimum Gasteiger partial charge on any atom is -0.497 e. The Bertz CT molecular complexity index is 514. The van der Waals surface area contributed by atoms with E-state index in [2.05, 4.69) is 18.7 Å². The van der Waals surface area contributed by atoms with Crippen molar-refractivity contribution >= 4 is 5.97 Å². The van der Waals surface area contributed by atoms with Gasteiger partial charge in [0, 0.05) is 18.0 Å². The Morgan fingerprint density at radius 3 is 2.17 bits per heavy atom. The molecule has 1 heterocycles. The molecule has 0 unspecified atom stereocenters. The molecule has 0 atom stereocenters. The highest BCUT2D eigenvalue weighted by molar-refractivity contribution is 5.90. The minimum absolute atomic E-state index is 0.0665. The quantitative estimate of drug-likeness (QED) is 0.723. The second-order valence-corrected chi connectivity index (χ2v) is 6.82. The van der Waals surface area contributed by atoms with E-state index in [0.717, 1.165) is 19.6 Å². The summed E-state index contributed by atoms with van der Waals surface area (Å²) >= 11 is 0. The Labute approximate surface area is 138 Å². The van der Waals surface area contributed by atoms with Gasteiger partial charge >= 0.3 is 5.97 Å². The number of likely N-dealkylation sites (tertiary alicyclic amines) is 1. The van der Waals surface area contributed by atoms with Crippen LogP contribution < -0.4 is 9.47 Å². The van der Waals surface area contributed by atoms with E-state index in [9.17, 15) is 4.79 Å². The topological polar surface area (TPSA) is 48.0 Å². The van der Waals surface area contributed by atoms with Crippen LogP contribution >= 0.6 is 0 Å². The van der Waals surface area contributed by atoms with Gasteiger partial charge < -0.3 is 19.1 Å². The standard InChI is InChI=1S/C18H27NO4/c1-18(2,12-19-7-5-6-8-19)13-23-17(20)14-9-15(21-3)11-16(10-14)22-4/h9-11H,5-8,12-13H2,1-4H3. The van der Waals surface area contributed by atoms with Gasteiger partial charge in [0.15, 0.2) is 0 Å². The summed E-state index contributed by atoms with van der Waals surface area (Å²) in [6.07, 6.45) is 2.53. The van der Waals surface area contributed by atoms with Crippen molar-refractivity contribution in [1.82, 2.24) is 4.90 Å². The second kappa shape index (κ2) is 7.68. The average Bonchev–Trinajstić information content (AvgIpc) is 3.04. The summed E-state index contributed by atoms with van der Waals surface area (Å²) in [5.41, 5.74) is 0.376. The number of nitrogens with zero attached hydrogens (tertiary/aromatic N) is 1. The van der Waals surface area contributed by atoms with Crippen LogP contribution in [0.1, 0.15) is 37.0 Å². The van der Waals surface area contributed by atoms with Crippen LogP contribution in [0, 0.1) is 5.41 Å². The van der Waals surface area contributed by atoms with Crippen LogP contribution in [-0.4, -0.2) is 51.3 Å². The minimum atomic E-state index is -0.350. The molecular formula is C18H27NO4. The van der Waals surface area contributed by atoms with Gasteiger partial charge in [-0.1, -0.05) is 13.8 Å². The molecule has 5 nitrogen and oxygen atoms in total. The first kappa shape index (κ1) is 17.6. The lowest BCUT2D eigenvalue weighted by Gasteiger charge is -2.29. The molecule has 0 aliphatic carbocycles. The zero-order chi connectivity index (χ0) is 16.9. The molecule has 1 fully saturated rings. The fourth-order valence-electron chi connectivity index (χ4n) is 2.86. The van der Waals surface area contributed by atoms with E-state index in [1.165, 1.54) is 12.8 Å². The second-order valence-electron chi connectivity index (χ2n) is 6.82. The Balaban J connectivity index is 1.95. The maximum Gasteiger partial charge on any atom is 0.338 e. The van der Waals surface area contributed by atoms with E-state index in [-0.39, 0.29) is 11.4 Å². The first-order chi connectivity index (χ1) is 10.9. The van der Waals surface area contributed by atoms with Gasteiger partial charge in [-0.15, -0.1) is 0 Å². The fourth-order valence-corrected chi connectivity index (χ4v) is 2.86. The first-order valence-electron chi connectivity index (χ1n) is 8.06. The lowest BCUT2D eigenvalue weighted by molar-refractivity contribution is 0.0282. The van der Waals surface area contributed by atoms with Gasteiger partial charge in [0.1, 0.15) is 11.5 Å². The van der Waals surface area contributed by atoms with Crippen molar-refractivity contribution in [3.05, 3.63) is 23.8 Å². The number of hydrogen-bond acceptors (Lipinski definition) is 5. The van der Waals surface area contributed by atoms with Crippen molar-refractivity contribution in [2.75, 3.05) is 40.5 Å². The molecule has 1 aromatic rings. The Morgan fingerprint density at radius 2 is 1.65 bits per heavy atom. The SMILES string of the molecule is COc1cc(OC)cc(C(=O)OCC(C)(C)CN2CCCC2)c1. The number of hydrogen-bond donors (Lipinski definition) is 0. The highest BCUT2D eigenvalue weighted by Gasteiger charge is 2.26. The smallest absolute Gasteiger partial charge is 0.338 e. The third kappa shape index (κ3) is 5.13. The Kier molecular flexibility index (Phi) is 5.88. The highest BCUT2D eigenvalue weighted by atomic mass is 16.5.